The molecular formula is C20H27NO3S. The van der Waals surface area contributed by atoms with Crippen LogP contribution in [0.3, 0.4) is 0 Å². The number of benzene rings is 2. The summed E-state index contributed by atoms with van der Waals surface area (Å²) < 4.78 is 34.3. The Kier molecular flexibility index (Phi) is 5.91. The molecule has 0 radical (unpaired) electrons. The number of nitrogens with one attached hydrogen (secondary N) is 1. The third-order valence-corrected chi connectivity index (χ3v) is 6.60. The highest BCUT2D eigenvalue weighted by Crippen LogP contribution is 2.29. The fourth-order valence-corrected chi connectivity index (χ4v) is 4.66. The first-order chi connectivity index (χ1) is 11.7. The maximum Gasteiger partial charge on any atom is 0.241 e. The van der Waals surface area contributed by atoms with Gasteiger partial charge in [-0.05, 0) is 75.4 Å². The second kappa shape index (κ2) is 7.58. The lowest BCUT2D eigenvalue weighted by atomic mass is 9.95. The smallest absolute Gasteiger partial charge is 0.241 e. The van der Waals surface area contributed by atoms with E-state index in [1.165, 1.54) is 0 Å². The molecule has 2 aromatic carbocycles. The van der Waals surface area contributed by atoms with Gasteiger partial charge in [-0.25, -0.2) is 13.1 Å². The van der Waals surface area contributed by atoms with Crippen molar-refractivity contribution in [1.82, 2.24) is 4.72 Å². The molecule has 0 fully saturated rings. The Morgan fingerprint density at radius 2 is 1.40 bits per heavy atom. The van der Waals surface area contributed by atoms with Gasteiger partial charge in [0.25, 0.3) is 0 Å². The summed E-state index contributed by atoms with van der Waals surface area (Å²) in [5, 5.41) is 0. The number of hydrogen-bond acceptors (Lipinski definition) is 3. The molecule has 2 aromatic rings. The Morgan fingerprint density at radius 1 is 0.880 bits per heavy atom. The molecule has 136 valence electrons. The zero-order valence-corrected chi connectivity index (χ0v) is 16.7. The minimum Gasteiger partial charge on any atom is -0.494 e. The first-order valence-electron chi connectivity index (χ1n) is 8.48. The fraction of sp³-hybridized carbons (Fsp3) is 0.400. The molecule has 0 saturated carbocycles. The molecular weight excluding hydrogens is 334 g/mol. The molecule has 5 heteroatoms. The molecule has 0 unspecified atom stereocenters. The van der Waals surface area contributed by atoms with Gasteiger partial charge in [0.15, 0.2) is 0 Å². The predicted octanol–water partition coefficient (Wildman–Crippen LogP) is 4.11. The Labute approximate surface area is 151 Å². The van der Waals surface area contributed by atoms with E-state index in [0.717, 1.165) is 33.4 Å². The van der Waals surface area contributed by atoms with Crippen LogP contribution in [0.1, 0.15) is 40.3 Å². The molecule has 0 bridgehead atoms. The number of para-hydroxylation sites is 1. The Morgan fingerprint density at radius 3 is 1.96 bits per heavy atom. The molecule has 0 aliphatic carbocycles. The predicted molar refractivity (Wildman–Crippen MR) is 102 cm³/mol. The lowest BCUT2D eigenvalue weighted by molar-refractivity contribution is 0.336. The topological polar surface area (TPSA) is 55.4 Å². The van der Waals surface area contributed by atoms with E-state index >= 15 is 0 Å². The molecule has 0 atom stereocenters. The van der Waals surface area contributed by atoms with Gasteiger partial charge in [0.1, 0.15) is 5.75 Å². The molecule has 0 amide bonds. The van der Waals surface area contributed by atoms with Crippen LogP contribution in [-0.2, 0) is 16.6 Å². The fourth-order valence-electron chi connectivity index (χ4n) is 3.06. The second-order valence-electron chi connectivity index (χ2n) is 6.32. The van der Waals surface area contributed by atoms with E-state index < -0.39 is 10.0 Å². The van der Waals surface area contributed by atoms with E-state index in [4.69, 9.17) is 4.74 Å². The summed E-state index contributed by atoms with van der Waals surface area (Å²) in [6, 6.07) is 7.48. The van der Waals surface area contributed by atoms with Crippen molar-refractivity contribution in [3.63, 3.8) is 0 Å². The van der Waals surface area contributed by atoms with Crippen LogP contribution in [0.4, 0.5) is 0 Å². The summed E-state index contributed by atoms with van der Waals surface area (Å²) in [5.74, 6) is 0.706. The maximum absolute atomic E-state index is 13.0. The number of rotatable bonds is 6. The molecule has 0 spiro atoms. The van der Waals surface area contributed by atoms with Gasteiger partial charge in [-0.15, -0.1) is 0 Å². The third-order valence-electron chi connectivity index (χ3n) is 4.93. The van der Waals surface area contributed by atoms with E-state index in [-0.39, 0.29) is 6.54 Å². The van der Waals surface area contributed by atoms with Gasteiger partial charge in [0.05, 0.1) is 11.5 Å². The van der Waals surface area contributed by atoms with Gasteiger partial charge in [-0.2, -0.15) is 0 Å². The van der Waals surface area contributed by atoms with Gasteiger partial charge in [-0.3, -0.25) is 0 Å². The normalized spacial score (nSPS) is 11.6. The number of sulfonamides is 1. The monoisotopic (exact) mass is 361 g/mol. The van der Waals surface area contributed by atoms with Crippen LogP contribution in [0.25, 0.3) is 0 Å². The minimum atomic E-state index is -3.62. The lowest BCUT2D eigenvalue weighted by Crippen LogP contribution is -2.26. The quantitative estimate of drug-likeness (QED) is 0.842. The first kappa shape index (κ1) is 19.5. The van der Waals surface area contributed by atoms with Crippen molar-refractivity contribution in [2.24, 2.45) is 0 Å². The van der Waals surface area contributed by atoms with Crippen molar-refractivity contribution in [2.75, 3.05) is 6.61 Å². The average Bonchev–Trinajstić information content (AvgIpc) is 2.58. The largest absolute Gasteiger partial charge is 0.494 e. The van der Waals surface area contributed by atoms with Crippen molar-refractivity contribution in [3.8, 4) is 5.75 Å². The summed E-state index contributed by atoms with van der Waals surface area (Å²) in [7, 11) is -3.62. The highest BCUT2D eigenvalue weighted by atomic mass is 32.2. The Balaban J connectivity index is 2.39. The molecule has 0 aliphatic heterocycles. The minimum absolute atomic E-state index is 0.198. The molecule has 0 aromatic heterocycles. The molecule has 25 heavy (non-hydrogen) atoms. The third kappa shape index (κ3) is 3.88. The zero-order chi connectivity index (χ0) is 18.8. The van der Waals surface area contributed by atoms with Gasteiger partial charge in [-0.1, -0.05) is 18.2 Å². The highest BCUT2D eigenvalue weighted by Gasteiger charge is 2.23. The average molecular weight is 362 g/mol. The van der Waals surface area contributed by atoms with Gasteiger partial charge in [0, 0.05) is 12.1 Å². The van der Waals surface area contributed by atoms with Gasteiger partial charge >= 0.3 is 0 Å². The van der Waals surface area contributed by atoms with Crippen LogP contribution >= 0.6 is 0 Å². The first-order valence-corrected chi connectivity index (χ1v) is 9.96. The standard InChI is InChI=1S/C20H27NO3S/c1-7-24-19-11-9-8-10-18(19)12-21-25(22,23)20-16(5)14(3)13(2)15(4)17(20)6/h8-11,21H,7,12H2,1-6H3. The van der Waals surface area contributed by atoms with E-state index in [1.54, 1.807) is 0 Å². The van der Waals surface area contributed by atoms with Crippen LogP contribution < -0.4 is 9.46 Å². The molecule has 4 nitrogen and oxygen atoms in total. The Hall–Kier alpha value is -1.85. The van der Waals surface area contributed by atoms with Crippen LogP contribution in [0.2, 0.25) is 0 Å². The highest BCUT2D eigenvalue weighted by molar-refractivity contribution is 7.89. The maximum atomic E-state index is 13.0. The van der Waals surface area contributed by atoms with Crippen molar-refractivity contribution < 1.29 is 13.2 Å². The molecule has 0 aliphatic rings. The number of ether oxygens (including phenoxy) is 1. The molecule has 0 heterocycles. The van der Waals surface area contributed by atoms with Crippen LogP contribution in [0.5, 0.6) is 5.75 Å². The van der Waals surface area contributed by atoms with Crippen LogP contribution in [-0.4, -0.2) is 15.0 Å². The summed E-state index contributed by atoms with van der Waals surface area (Å²) in [5.41, 5.74) is 5.65. The van der Waals surface area contributed by atoms with Crippen LogP contribution in [0.15, 0.2) is 29.2 Å². The van der Waals surface area contributed by atoms with Gasteiger partial charge < -0.3 is 4.74 Å². The summed E-state index contributed by atoms with van der Waals surface area (Å²) in [4.78, 5) is 0.391. The van der Waals surface area contributed by atoms with E-state index in [1.807, 2.05) is 65.8 Å². The molecule has 2 rings (SSSR count). The molecule has 0 saturated heterocycles. The van der Waals surface area contributed by atoms with E-state index in [9.17, 15) is 8.42 Å². The van der Waals surface area contributed by atoms with Crippen molar-refractivity contribution in [3.05, 3.63) is 57.6 Å². The second-order valence-corrected chi connectivity index (χ2v) is 8.02. The summed E-state index contributed by atoms with van der Waals surface area (Å²) in [6.07, 6.45) is 0. The zero-order valence-electron chi connectivity index (χ0n) is 15.9. The van der Waals surface area contributed by atoms with Crippen molar-refractivity contribution in [1.29, 1.82) is 0 Å². The summed E-state index contributed by atoms with van der Waals surface area (Å²) >= 11 is 0. The van der Waals surface area contributed by atoms with Crippen LogP contribution in [0, 0.1) is 34.6 Å². The SMILES string of the molecule is CCOc1ccccc1CNS(=O)(=O)c1c(C)c(C)c(C)c(C)c1C. The molecule has 1 N–H and O–H groups in total. The summed E-state index contributed by atoms with van der Waals surface area (Å²) in [6.45, 7) is 12.4. The lowest BCUT2D eigenvalue weighted by Gasteiger charge is -2.19. The van der Waals surface area contributed by atoms with Crippen molar-refractivity contribution >= 4 is 10.0 Å². The Bertz CT molecular complexity index is 857. The van der Waals surface area contributed by atoms with E-state index in [0.29, 0.717) is 17.3 Å². The van der Waals surface area contributed by atoms with E-state index in [2.05, 4.69) is 4.72 Å². The number of hydrogen-bond donors (Lipinski definition) is 1. The van der Waals surface area contributed by atoms with Crippen molar-refractivity contribution in [2.45, 2.75) is 53.0 Å². The van der Waals surface area contributed by atoms with Gasteiger partial charge in [0.2, 0.25) is 10.0 Å².